The van der Waals surface area contributed by atoms with Gasteiger partial charge in [-0.2, -0.15) is 0 Å². The van der Waals surface area contributed by atoms with Crippen LogP contribution in [-0.2, 0) is 9.59 Å². The van der Waals surface area contributed by atoms with Crippen molar-refractivity contribution in [2.75, 3.05) is 0 Å². The fraction of sp³-hybridized carbons (Fsp3) is 0.818. The van der Waals surface area contributed by atoms with Crippen LogP contribution in [0, 0.1) is 22.2 Å². The summed E-state index contributed by atoms with van der Waals surface area (Å²) < 4.78 is 0. The summed E-state index contributed by atoms with van der Waals surface area (Å²) in [5.41, 5.74) is 0.510. The van der Waals surface area contributed by atoms with Crippen molar-refractivity contribution in [2.24, 2.45) is 11.3 Å². The molecule has 4 heteroatoms. The molecule has 1 atom stereocenters. The minimum atomic E-state index is 0.510. The minimum Gasteiger partial charge on any atom is -0.222 e. The largest absolute Gasteiger partial charge is 0.231 e. The fourth-order valence-electron chi connectivity index (χ4n) is 0.866. The summed E-state index contributed by atoms with van der Waals surface area (Å²) in [6.07, 6.45) is 4.18. The molecule has 0 aliphatic heterocycles. The summed E-state index contributed by atoms with van der Waals surface area (Å²) in [5.74, 6) is 0.863. The van der Waals surface area contributed by atoms with E-state index < -0.39 is 0 Å². The Balaban J connectivity index is -0.000000200. The van der Waals surface area contributed by atoms with E-state index in [9.17, 15) is 0 Å². The van der Waals surface area contributed by atoms with Gasteiger partial charge >= 0.3 is 0 Å². The lowest BCUT2D eigenvalue weighted by atomic mass is 9.80. The molecule has 0 saturated carbocycles. The van der Waals surface area contributed by atoms with Crippen LogP contribution in [0.2, 0.25) is 0 Å². The molecule has 0 aromatic heterocycles. The van der Waals surface area contributed by atoms with E-state index in [0.29, 0.717) is 5.41 Å². The predicted octanol–water partition coefficient (Wildman–Crippen LogP) is 3.27. The first-order valence-corrected chi connectivity index (χ1v) is 4.89. The Hall–Kier alpha value is -1.24. The smallest absolute Gasteiger partial charge is 0.222 e. The van der Waals surface area contributed by atoms with Crippen LogP contribution in [0.4, 0.5) is 0 Å². The van der Waals surface area contributed by atoms with E-state index >= 15 is 0 Å². The Morgan fingerprint density at radius 3 is 1.47 bits per heavy atom. The van der Waals surface area contributed by atoms with Gasteiger partial charge in [0.25, 0.3) is 0 Å². The van der Waals surface area contributed by atoms with Gasteiger partial charge in [-0.15, -0.1) is 0 Å². The molecule has 0 bridgehead atoms. The highest BCUT2D eigenvalue weighted by Crippen LogP contribution is 2.28. The second-order valence-corrected chi connectivity index (χ2v) is 4.26. The van der Waals surface area contributed by atoms with E-state index in [4.69, 9.17) is 20.4 Å². The Bertz CT molecular complexity index is 183. The molecule has 0 heterocycles. The molecule has 0 radical (unpaired) electrons. The molecule has 15 heavy (non-hydrogen) atoms. The number of hydrogen-bond acceptors (Lipinski definition) is 4. The van der Waals surface area contributed by atoms with Gasteiger partial charge in [-0.3, -0.25) is 0 Å². The molecular weight excluding hydrogens is 192 g/mol. The van der Waals surface area contributed by atoms with Gasteiger partial charge in [0, 0.05) is 0 Å². The van der Waals surface area contributed by atoms with Crippen LogP contribution >= 0.6 is 0 Å². The zero-order chi connectivity index (χ0) is 12.9. The number of nitrogens with one attached hydrogen (secondary N) is 2. The Labute approximate surface area is 92.1 Å². The lowest BCUT2D eigenvalue weighted by molar-refractivity contribution is 0.245. The molecule has 0 aromatic rings. The van der Waals surface area contributed by atoms with Crippen molar-refractivity contribution < 1.29 is 9.59 Å². The average Bonchev–Trinajstić information content (AvgIpc) is 2.05. The number of carbonyl (C=O) groups excluding carboxylic acids is 2. The standard InChI is InChI=1S/C9H20.2CHNO/c1-6-7-8(2)9(3,4)5;2*2-1-3/h8H,6-7H2,1-5H3;2*2H. The summed E-state index contributed by atoms with van der Waals surface area (Å²) in [5, 5.41) is 10.8. The van der Waals surface area contributed by atoms with Gasteiger partial charge < -0.3 is 0 Å². The number of rotatable bonds is 2. The third-order valence-corrected chi connectivity index (χ3v) is 2.20. The second kappa shape index (κ2) is 12.8. The zero-order valence-corrected chi connectivity index (χ0v) is 10.3. The molecule has 0 amide bonds. The zero-order valence-electron chi connectivity index (χ0n) is 10.3. The molecule has 0 spiro atoms. The predicted molar refractivity (Wildman–Crippen MR) is 60.4 cm³/mol. The first-order chi connectivity index (χ1) is 6.81. The normalized spacial score (nSPS) is 10.5. The highest BCUT2D eigenvalue weighted by Gasteiger charge is 2.18. The first kappa shape index (κ1) is 19.4. The number of hydrogen-bond donors (Lipinski definition) is 2. The molecule has 4 nitrogen and oxygen atoms in total. The summed E-state index contributed by atoms with van der Waals surface area (Å²) >= 11 is 0. The van der Waals surface area contributed by atoms with Gasteiger partial charge in [-0.25, -0.2) is 20.4 Å². The van der Waals surface area contributed by atoms with E-state index in [-0.39, 0.29) is 0 Å². The van der Waals surface area contributed by atoms with E-state index in [2.05, 4.69) is 34.6 Å². The number of isocyanates is 2. The minimum absolute atomic E-state index is 0.510. The molecule has 0 saturated heterocycles. The van der Waals surface area contributed by atoms with E-state index in [1.807, 2.05) is 0 Å². The Morgan fingerprint density at radius 1 is 1.13 bits per heavy atom. The maximum Gasteiger partial charge on any atom is 0.231 e. The molecule has 0 fully saturated rings. The van der Waals surface area contributed by atoms with Crippen molar-refractivity contribution in [3.8, 4) is 0 Å². The SMILES string of the molecule is CCCC(C)C(C)(C)C.N=C=O.N=C=O. The van der Waals surface area contributed by atoms with Crippen LogP contribution in [0.25, 0.3) is 0 Å². The molecule has 0 rings (SSSR count). The van der Waals surface area contributed by atoms with Crippen molar-refractivity contribution in [1.29, 1.82) is 10.8 Å². The Kier molecular flexibility index (Phi) is 16.5. The van der Waals surface area contributed by atoms with Crippen LogP contribution in [-0.4, -0.2) is 12.2 Å². The van der Waals surface area contributed by atoms with Crippen LogP contribution in [0.15, 0.2) is 0 Å². The molecule has 0 aliphatic carbocycles. The lowest BCUT2D eigenvalue weighted by Crippen LogP contribution is -2.16. The van der Waals surface area contributed by atoms with Crippen LogP contribution in [0.3, 0.4) is 0 Å². The monoisotopic (exact) mass is 214 g/mol. The van der Waals surface area contributed by atoms with Gasteiger partial charge in [0.05, 0.1) is 0 Å². The van der Waals surface area contributed by atoms with Crippen molar-refractivity contribution >= 4 is 12.2 Å². The van der Waals surface area contributed by atoms with Gasteiger partial charge in [0.2, 0.25) is 12.2 Å². The molecular formula is C11H22N2O2. The van der Waals surface area contributed by atoms with Crippen molar-refractivity contribution in [2.45, 2.75) is 47.5 Å². The highest BCUT2D eigenvalue weighted by atomic mass is 16.1. The van der Waals surface area contributed by atoms with Crippen molar-refractivity contribution in [3.63, 3.8) is 0 Å². The van der Waals surface area contributed by atoms with Crippen molar-refractivity contribution in [1.82, 2.24) is 0 Å². The topological polar surface area (TPSA) is 81.8 Å². The lowest BCUT2D eigenvalue weighted by Gasteiger charge is -2.26. The molecule has 0 aromatic carbocycles. The summed E-state index contributed by atoms with van der Waals surface area (Å²) in [6, 6.07) is 0. The summed E-state index contributed by atoms with van der Waals surface area (Å²) in [6.45, 7) is 11.5. The maximum atomic E-state index is 8.35. The van der Waals surface area contributed by atoms with Gasteiger partial charge in [0.1, 0.15) is 0 Å². The van der Waals surface area contributed by atoms with E-state index in [1.165, 1.54) is 12.8 Å². The third-order valence-electron chi connectivity index (χ3n) is 2.20. The maximum absolute atomic E-state index is 8.35. The van der Waals surface area contributed by atoms with E-state index in [1.54, 1.807) is 0 Å². The van der Waals surface area contributed by atoms with Gasteiger partial charge in [0.15, 0.2) is 0 Å². The molecule has 1 unspecified atom stereocenters. The third kappa shape index (κ3) is 24.5. The summed E-state index contributed by atoms with van der Waals surface area (Å²) in [7, 11) is 0. The average molecular weight is 214 g/mol. The first-order valence-electron chi connectivity index (χ1n) is 4.89. The van der Waals surface area contributed by atoms with Crippen molar-refractivity contribution in [3.05, 3.63) is 0 Å². The van der Waals surface area contributed by atoms with Crippen LogP contribution in [0.1, 0.15) is 47.5 Å². The molecule has 88 valence electrons. The van der Waals surface area contributed by atoms with Crippen LogP contribution in [0.5, 0.6) is 0 Å². The van der Waals surface area contributed by atoms with Crippen LogP contribution < -0.4 is 0 Å². The Morgan fingerprint density at radius 2 is 1.40 bits per heavy atom. The van der Waals surface area contributed by atoms with Gasteiger partial charge in [-0.05, 0) is 11.3 Å². The molecule has 2 N–H and O–H groups in total. The highest BCUT2D eigenvalue weighted by molar-refractivity contribution is 5.26. The second-order valence-electron chi connectivity index (χ2n) is 4.26. The van der Waals surface area contributed by atoms with E-state index in [0.717, 1.165) is 18.1 Å². The quantitative estimate of drug-likeness (QED) is 0.546. The van der Waals surface area contributed by atoms with Gasteiger partial charge in [-0.1, -0.05) is 47.5 Å². The molecule has 0 aliphatic rings. The summed E-state index contributed by atoms with van der Waals surface area (Å²) in [4.78, 5) is 16.7. The fourth-order valence-corrected chi connectivity index (χ4v) is 0.866.